The number of rotatable bonds is 5. The van der Waals surface area contributed by atoms with Crippen molar-refractivity contribution in [3.8, 4) is 6.07 Å². The maximum Gasteiger partial charge on any atom is 0.232 e. The standard InChI is InChI=1S/C9H12N4OS/c1-13(6-8-4-11-12-5-8)9(14)7-15-3-2-10/h4-5H,3,6-7H2,1H3,(H,11,12). The van der Waals surface area contributed by atoms with Crippen LogP contribution in [0.2, 0.25) is 0 Å². The van der Waals surface area contributed by atoms with Crippen molar-refractivity contribution in [2.75, 3.05) is 18.6 Å². The molecule has 0 radical (unpaired) electrons. The Morgan fingerprint density at radius 3 is 3.20 bits per heavy atom. The van der Waals surface area contributed by atoms with E-state index in [1.54, 1.807) is 24.3 Å². The number of nitriles is 1. The van der Waals surface area contributed by atoms with Crippen molar-refractivity contribution in [1.29, 1.82) is 5.26 Å². The molecule has 15 heavy (non-hydrogen) atoms. The first-order chi connectivity index (χ1) is 7.24. The van der Waals surface area contributed by atoms with Gasteiger partial charge in [0.25, 0.3) is 0 Å². The normalized spacial score (nSPS) is 9.60. The molecule has 0 atom stereocenters. The quantitative estimate of drug-likeness (QED) is 0.744. The Kier molecular flexibility index (Phi) is 4.71. The van der Waals surface area contributed by atoms with E-state index in [0.29, 0.717) is 18.1 Å². The summed E-state index contributed by atoms with van der Waals surface area (Å²) >= 11 is 1.33. The van der Waals surface area contributed by atoms with Crippen molar-refractivity contribution in [2.45, 2.75) is 6.54 Å². The Bertz CT molecular complexity index is 343. The fraction of sp³-hybridized carbons (Fsp3) is 0.444. The molecule has 0 aliphatic carbocycles. The van der Waals surface area contributed by atoms with E-state index < -0.39 is 0 Å². The van der Waals surface area contributed by atoms with E-state index in [9.17, 15) is 4.79 Å². The number of amides is 1. The predicted molar refractivity (Wildman–Crippen MR) is 58.0 cm³/mol. The second kappa shape index (κ2) is 6.09. The van der Waals surface area contributed by atoms with Crippen LogP contribution in [0.4, 0.5) is 0 Å². The molecule has 0 aliphatic rings. The minimum absolute atomic E-state index is 0.0245. The van der Waals surface area contributed by atoms with Gasteiger partial charge in [0.15, 0.2) is 0 Å². The number of aromatic amines is 1. The van der Waals surface area contributed by atoms with E-state index in [1.165, 1.54) is 11.8 Å². The topological polar surface area (TPSA) is 72.8 Å². The number of nitrogens with zero attached hydrogens (tertiary/aromatic N) is 3. The highest BCUT2D eigenvalue weighted by Crippen LogP contribution is 2.04. The van der Waals surface area contributed by atoms with Crippen LogP contribution < -0.4 is 0 Å². The third kappa shape index (κ3) is 4.04. The van der Waals surface area contributed by atoms with Crippen molar-refractivity contribution >= 4 is 17.7 Å². The van der Waals surface area contributed by atoms with Gasteiger partial charge in [-0.2, -0.15) is 10.4 Å². The zero-order chi connectivity index (χ0) is 11.1. The lowest BCUT2D eigenvalue weighted by Crippen LogP contribution is -2.27. The molecule has 1 amide bonds. The van der Waals surface area contributed by atoms with Crippen LogP contribution in [-0.4, -0.2) is 39.6 Å². The number of H-pyrrole nitrogens is 1. The third-order valence-corrected chi connectivity index (χ3v) is 2.58. The van der Waals surface area contributed by atoms with Crippen LogP contribution in [0.5, 0.6) is 0 Å². The minimum atomic E-state index is 0.0245. The van der Waals surface area contributed by atoms with Crippen LogP contribution >= 0.6 is 11.8 Å². The summed E-state index contributed by atoms with van der Waals surface area (Å²) in [5.74, 6) is 0.726. The largest absolute Gasteiger partial charge is 0.341 e. The fourth-order valence-corrected chi connectivity index (χ4v) is 1.61. The van der Waals surface area contributed by atoms with Crippen molar-refractivity contribution < 1.29 is 4.79 Å². The molecule has 5 nitrogen and oxygen atoms in total. The van der Waals surface area contributed by atoms with Gasteiger partial charge in [-0.25, -0.2) is 0 Å². The predicted octanol–water partition coefficient (Wildman–Crippen LogP) is 0.625. The van der Waals surface area contributed by atoms with Crippen molar-refractivity contribution in [2.24, 2.45) is 0 Å². The summed E-state index contributed by atoms with van der Waals surface area (Å²) < 4.78 is 0. The second-order valence-corrected chi connectivity index (χ2v) is 3.99. The van der Waals surface area contributed by atoms with Gasteiger partial charge in [0, 0.05) is 25.4 Å². The molecule has 0 aromatic carbocycles. The van der Waals surface area contributed by atoms with Crippen molar-refractivity contribution in [3.05, 3.63) is 18.0 Å². The Morgan fingerprint density at radius 1 is 1.80 bits per heavy atom. The van der Waals surface area contributed by atoms with E-state index in [1.807, 2.05) is 6.07 Å². The third-order valence-electron chi connectivity index (χ3n) is 1.79. The van der Waals surface area contributed by atoms with E-state index in [0.717, 1.165) is 5.56 Å². The first-order valence-electron chi connectivity index (χ1n) is 4.40. The number of hydrogen-bond donors (Lipinski definition) is 1. The summed E-state index contributed by atoms with van der Waals surface area (Å²) in [6, 6.07) is 1.98. The zero-order valence-corrected chi connectivity index (χ0v) is 9.25. The Balaban J connectivity index is 2.31. The highest BCUT2D eigenvalue weighted by Gasteiger charge is 2.09. The van der Waals surface area contributed by atoms with Crippen LogP contribution in [0.25, 0.3) is 0 Å². The van der Waals surface area contributed by atoms with Crippen LogP contribution in [0, 0.1) is 11.3 Å². The average molecular weight is 224 g/mol. The number of hydrogen-bond acceptors (Lipinski definition) is 4. The summed E-state index contributed by atoms with van der Waals surface area (Å²) in [6.07, 6.45) is 3.44. The van der Waals surface area contributed by atoms with Gasteiger partial charge in [-0.3, -0.25) is 9.89 Å². The first kappa shape index (κ1) is 11.6. The smallest absolute Gasteiger partial charge is 0.232 e. The molecule has 0 spiro atoms. The van der Waals surface area contributed by atoms with Crippen molar-refractivity contribution in [3.63, 3.8) is 0 Å². The van der Waals surface area contributed by atoms with E-state index in [2.05, 4.69) is 10.2 Å². The molecule has 1 heterocycles. The van der Waals surface area contributed by atoms with Crippen molar-refractivity contribution in [1.82, 2.24) is 15.1 Å². The molecule has 0 saturated carbocycles. The molecule has 0 fully saturated rings. The fourth-order valence-electron chi connectivity index (χ4n) is 1.02. The molecule has 0 aliphatic heterocycles. The van der Waals surface area contributed by atoms with Gasteiger partial charge in [-0.15, -0.1) is 11.8 Å². The molecule has 1 rings (SSSR count). The molecular formula is C9H12N4OS. The van der Waals surface area contributed by atoms with Crippen LogP contribution in [0.3, 0.4) is 0 Å². The summed E-state index contributed by atoms with van der Waals surface area (Å²) in [4.78, 5) is 13.1. The molecular weight excluding hydrogens is 212 g/mol. The number of aromatic nitrogens is 2. The van der Waals surface area contributed by atoms with E-state index in [-0.39, 0.29) is 5.91 Å². The second-order valence-electron chi connectivity index (χ2n) is 3.01. The lowest BCUT2D eigenvalue weighted by Gasteiger charge is -2.15. The summed E-state index contributed by atoms with van der Waals surface area (Å²) in [6.45, 7) is 0.544. The molecule has 1 aromatic heterocycles. The average Bonchev–Trinajstić information content (AvgIpc) is 2.70. The molecule has 0 saturated heterocycles. The van der Waals surface area contributed by atoms with Gasteiger partial charge in [0.05, 0.1) is 23.8 Å². The Morgan fingerprint density at radius 2 is 2.60 bits per heavy atom. The Labute approximate surface area is 92.5 Å². The minimum Gasteiger partial charge on any atom is -0.341 e. The van der Waals surface area contributed by atoms with Gasteiger partial charge in [-0.05, 0) is 0 Å². The monoisotopic (exact) mass is 224 g/mol. The molecule has 0 bridgehead atoms. The highest BCUT2D eigenvalue weighted by molar-refractivity contribution is 8.00. The molecule has 80 valence electrons. The van der Waals surface area contributed by atoms with Crippen LogP contribution in [0.1, 0.15) is 5.56 Å². The first-order valence-corrected chi connectivity index (χ1v) is 5.56. The lowest BCUT2D eigenvalue weighted by molar-refractivity contribution is -0.127. The Hall–Kier alpha value is -1.48. The summed E-state index contributed by atoms with van der Waals surface area (Å²) in [5.41, 5.74) is 0.969. The van der Waals surface area contributed by atoms with Gasteiger partial charge >= 0.3 is 0 Å². The van der Waals surface area contributed by atoms with E-state index in [4.69, 9.17) is 5.26 Å². The number of carbonyl (C=O) groups excluding carboxylic acids is 1. The molecule has 1 aromatic rings. The zero-order valence-electron chi connectivity index (χ0n) is 8.43. The van der Waals surface area contributed by atoms with Crippen LogP contribution in [-0.2, 0) is 11.3 Å². The maximum absolute atomic E-state index is 11.5. The summed E-state index contributed by atoms with van der Waals surface area (Å²) in [5, 5.41) is 14.8. The van der Waals surface area contributed by atoms with Gasteiger partial charge in [0.1, 0.15) is 0 Å². The van der Waals surface area contributed by atoms with Crippen LogP contribution in [0.15, 0.2) is 12.4 Å². The molecule has 0 unspecified atom stereocenters. The number of nitrogens with one attached hydrogen (secondary N) is 1. The number of thioether (sulfide) groups is 1. The van der Waals surface area contributed by atoms with Gasteiger partial charge in [0.2, 0.25) is 5.91 Å². The lowest BCUT2D eigenvalue weighted by atomic mass is 10.3. The van der Waals surface area contributed by atoms with Gasteiger partial charge < -0.3 is 4.90 Å². The maximum atomic E-state index is 11.5. The molecule has 6 heteroatoms. The highest BCUT2D eigenvalue weighted by atomic mass is 32.2. The number of carbonyl (C=O) groups is 1. The SMILES string of the molecule is CN(Cc1cn[nH]c1)C(=O)CSCC#N. The molecule has 1 N–H and O–H groups in total. The van der Waals surface area contributed by atoms with Gasteiger partial charge in [-0.1, -0.05) is 0 Å². The van der Waals surface area contributed by atoms with E-state index >= 15 is 0 Å². The summed E-state index contributed by atoms with van der Waals surface area (Å²) in [7, 11) is 1.74.